The summed E-state index contributed by atoms with van der Waals surface area (Å²) in [7, 11) is 0. The maximum Gasteiger partial charge on any atom is 0.416 e. The van der Waals surface area contributed by atoms with Gasteiger partial charge in [0.2, 0.25) is 11.0 Å². The quantitative estimate of drug-likeness (QED) is 0.581. The second-order valence-corrected chi connectivity index (χ2v) is 5.58. The standard InChI is InChI=1S/C14H11F3N4OS/c15-14(16,17)10-5-3-9(4-6-10)8-23-13-20-19-12(21(13)18)11-2-1-7-22-11/h1-7H,8,18H2. The lowest BCUT2D eigenvalue weighted by atomic mass is 10.1. The highest BCUT2D eigenvalue weighted by atomic mass is 32.2. The van der Waals surface area contributed by atoms with Gasteiger partial charge in [-0.3, -0.25) is 0 Å². The molecule has 3 aromatic rings. The molecule has 2 heterocycles. The zero-order chi connectivity index (χ0) is 16.4. The fourth-order valence-electron chi connectivity index (χ4n) is 1.89. The summed E-state index contributed by atoms with van der Waals surface area (Å²) in [6.45, 7) is 0. The van der Waals surface area contributed by atoms with E-state index in [0.29, 0.717) is 22.5 Å². The van der Waals surface area contributed by atoms with Gasteiger partial charge < -0.3 is 10.3 Å². The van der Waals surface area contributed by atoms with Crippen LogP contribution in [-0.2, 0) is 11.9 Å². The van der Waals surface area contributed by atoms with Crippen molar-refractivity contribution in [1.82, 2.24) is 14.9 Å². The topological polar surface area (TPSA) is 69.9 Å². The van der Waals surface area contributed by atoms with Crippen molar-refractivity contribution in [2.45, 2.75) is 17.1 Å². The van der Waals surface area contributed by atoms with E-state index >= 15 is 0 Å². The maximum absolute atomic E-state index is 12.5. The predicted octanol–water partition coefficient (Wildman–Crippen LogP) is 3.56. The first kappa shape index (κ1) is 15.5. The highest BCUT2D eigenvalue weighted by Crippen LogP contribution is 2.30. The number of nitrogen functional groups attached to an aromatic ring is 1. The first-order valence-electron chi connectivity index (χ1n) is 6.48. The first-order chi connectivity index (χ1) is 10.9. The lowest BCUT2D eigenvalue weighted by Crippen LogP contribution is -2.11. The van der Waals surface area contributed by atoms with E-state index in [1.165, 1.54) is 34.8 Å². The van der Waals surface area contributed by atoms with Gasteiger partial charge in [0, 0.05) is 5.75 Å². The van der Waals surface area contributed by atoms with Crippen molar-refractivity contribution in [3.8, 4) is 11.6 Å². The van der Waals surface area contributed by atoms with Crippen molar-refractivity contribution in [2.75, 3.05) is 5.84 Å². The van der Waals surface area contributed by atoms with E-state index in [9.17, 15) is 13.2 Å². The number of alkyl halides is 3. The average Bonchev–Trinajstić information content (AvgIpc) is 3.14. The third-order valence-electron chi connectivity index (χ3n) is 3.06. The van der Waals surface area contributed by atoms with Crippen molar-refractivity contribution >= 4 is 11.8 Å². The lowest BCUT2D eigenvalue weighted by molar-refractivity contribution is -0.137. The van der Waals surface area contributed by atoms with E-state index in [1.54, 1.807) is 12.1 Å². The second kappa shape index (κ2) is 5.99. The van der Waals surface area contributed by atoms with Gasteiger partial charge in [-0.05, 0) is 29.8 Å². The molecule has 0 aliphatic carbocycles. The molecule has 23 heavy (non-hydrogen) atoms. The second-order valence-electron chi connectivity index (χ2n) is 4.64. The van der Waals surface area contributed by atoms with Gasteiger partial charge in [0.05, 0.1) is 11.8 Å². The van der Waals surface area contributed by atoms with E-state index in [1.807, 2.05) is 0 Å². The Morgan fingerprint density at radius 3 is 2.48 bits per heavy atom. The Kier molecular flexibility index (Phi) is 4.03. The molecule has 0 unspecified atom stereocenters. The van der Waals surface area contributed by atoms with Crippen molar-refractivity contribution in [3.63, 3.8) is 0 Å². The number of hydrogen-bond acceptors (Lipinski definition) is 5. The Morgan fingerprint density at radius 2 is 1.87 bits per heavy atom. The molecule has 0 saturated heterocycles. The number of nitrogens with zero attached hydrogens (tertiary/aromatic N) is 3. The number of rotatable bonds is 4. The zero-order valence-electron chi connectivity index (χ0n) is 11.6. The normalized spacial score (nSPS) is 11.8. The largest absolute Gasteiger partial charge is 0.461 e. The highest BCUT2D eigenvalue weighted by molar-refractivity contribution is 7.98. The van der Waals surface area contributed by atoms with E-state index in [0.717, 1.165) is 17.7 Å². The van der Waals surface area contributed by atoms with Crippen molar-refractivity contribution < 1.29 is 17.6 Å². The lowest BCUT2D eigenvalue weighted by Gasteiger charge is -2.07. The molecule has 1 aromatic carbocycles. The molecule has 5 nitrogen and oxygen atoms in total. The number of benzene rings is 1. The fourth-order valence-corrected chi connectivity index (χ4v) is 2.70. The molecule has 0 aliphatic rings. The minimum absolute atomic E-state index is 0.380. The van der Waals surface area contributed by atoms with E-state index in [4.69, 9.17) is 10.3 Å². The molecule has 0 fully saturated rings. The van der Waals surface area contributed by atoms with Gasteiger partial charge in [-0.2, -0.15) is 13.2 Å². The minimum atomic E-state index is -4.33. The monoisotopic (exact) mass is 340 g/mol. The van der Waals surface area contributed by atoms with Crippen LogP contribution in [-0.4, -0.2) is 14.9 Å². The summed E-state index contributed by atoms with van der Waals surface area (Å²) in [5.41, 5.74) is 0.0545. The summed E-state index contributed by atoms with van der Waals surface area (Å²) >= 11 is 1.27. The van der Waals surface area contributed by atoms with Gasteiger partial charge in [-0.25, -0.2) is 4.68 Å². The van der Waals surface area contributed by atoms with Crippen LogP contribution in [0.3, 0.4) is 0 Å². The Hall–Kier alpha value is -2.42. The number of nitrogens with two attached hydrogens (primary N) is 1. The molecule has 0 atom stereocenters. The highest BCUT2D eigenvalue weighted by Gasteiger charge is 2.29. The minimum Gasteiger partial charge on any atom is -0.461 e. The maximum atomic E-state index is 12.5. The van der Waals surface area contributed by atoms with Crippen LogP contribution in [0.2, 0.25) is 0 Å². The van der Waals surface area contributed by atoms with Crippen LogP contribution in [0.15, 0.2) is 52.2 Å². The van der Waals surface area contributed by atoms with E-state index in [-0.39, 0.29) is 0 Å². The van der Waals surface area contributed by atoms with Crippen LogP contribution >= 0.6 is 11.8 Å². The summed E-state index contributed by atoms with van der Waals surface area (Å²) in [5.74, 6) is 7.19. The van der Waals surface area contributed by atoms with Gasteiger partial charge in [0.15, 0.2) is 5.76 Å². The van der Waals surface area contributed by atoms with Gasteiger partial charge >= 0.3 is 6.18 Å². The molecule has 0 saturated carbocycles. The Bertz CT molecular complexity index is 781. The van der Waals surface area contributed by atoms with E-state index in [2.05, 4.69) is 10.2 Å². The molecular weight excluding hydrogens is 329 g/mol. The smallest absolute Gasteiger partial charge is 0.416 e. The van der Waals surface area contributed by atoms with Gasteiger partial charge in [-0.15, -0.1) is 10.2 Å². The van der Waals surface area contributed by atoms with Crippen molar-refractivity contribution in [1.29, 1.82) is 0 Å². The molecule has 0 aliphatic heterocycles. The Labute approximate surface area is 133 Å². The van der Waals surface area contributed by atoms with Crippen LogP contribution < -0.4 is 5.84 Å². The van der Waals surface area contributed by atoms with Gasteiger partial charge in [0.1, 0.15) is 0 Å². The molecule has 0 spiro atoms. The van der Waals surface area contributed by atoms with Crippen molar-refractivity contribution in [3.05, 3.63) is 53.8 Å². The van der Waals surface area contributed by atoms with Crippen LogP contribution in [0.5, 0.6) is 0 Å². The number of hydrogen-bond donors (Lipinski definition) is 1. The molecular formula is C14H11F3N4OS. The average molecular weight is 340 g/mol. The zero-order valence-corrected chi connectivity index (χ0v) is 12.4. The van der Waals surface area contributed by atoms with Crippen LogP contribution in [0.25, 0.3) is 11.6 Å². The molecule has 2 N–H and O–H groups in total. The molecule has 0 bridgehead atoms. The number of thioether (sulfide) groups is 1. The number of aromatic nitrogens is 3. The molecule has 3 rings (SSSR count). The fraction of sp³-hybridized carbons (Fsp3) is 0.143. The van der Waals surface area contributed by atoms with Crippen LogP contribution in [0, 0.1) is 0 Å². The summed E-state index contributed by atoms with van der Waals surface area (Å²) < 4.78 is 44.0. The summed E-state index contributed by atoms with van der Waals surface area (Å²) in [4.78, 5) is 0. The summed E-state index contributed by atoms with van der Waals surface area (Å²) in [5, 5.41) is 8.34. The van der Waals surface area contributed by atoms with Gasteiger partial charge in [0.25, 0.3) is 0 Å². The van der Waals surface area contributed by atoms with Crippen molar-refractivity contribution in [2.24, 2.45) is 0 Å². The summed E-state index contributed by atoms with van der Waals surface area (Å²) in [6.07, 6.45) is -2.83. The molecule has 0 radical (unpaired) electrons. The number of halogens is 3. The third kappa shape index (κ3) is 3.34. The molecule has 0 amide bonds. The first-order valence-corrected chi connectivity index (χ1v) is 7.47. The third-order valence-corrected chi connectivity index (χ3v) is 4.07. The molecule has 120 valence electrons. The number of furan rings is 1. The summed E-state index contributed by atoms with van der Waals surface area (Å²) in [6, 6.07) is 8.38. The SMILES string of the molecule is Nn1c(SCc2ccc(C(F)(F)F)cc2)nnc1-c1ccco1. The Morgan fingerprint density at radius 1 is 1.13 bits per heavy atom. The molecule has 9 heteroatoms. The Balaban J connectivity index is 1.69. The predicted molar refractivity (Wildman–Crippen MR) is 78.9 cm³/mol. The molecule has 2 aromatic heterocycles. The van der Waals surface area contributed by atoms with Crippen LogP contribution in [0.1, 0.15) is 11.1 Å². The van der Waals surface area contributed by atoms with Crippen LogP contribution in [0.4, 0.5) is 13.2 Å². The van der Waals surface area contributed by atoms with Gasteiger partial charge in [-0.1, -0.05) is 23.9 Å². The van der Waals surface area contributed by atoms with E-state index < -0.39 is 11.7 Å².